The molecule has 0 atom stereocenters. The highest BCUT2D eigenvalue weighted by Crippen LogP contribution is 2.21. The minimum Gasteiger partial charge on any atom is -0.501 e. The van der Waals surface area contributed by atoms with E-state index in [0.717, 1.165) is 30.8 Å². The fourth-order valence-electron chi connectivity index (χ4n) is 1.52. The van der Waals surface area contributed by atoms with Gasteiger partial charge in [-0.15, -0.1) is 0 Å². The maximum atomic E-state index is 5.35. The monoisotopic (exact) mass is 164 g/mol. The first-order valence-corrected chi connectivity index (χ1v) is 4.18. The first-order chi connectivity index (χ1) is 5.90. The maximum absolute atomic E-state index is 5.35. The van der Waals surface area contributed by atoms with Crippen LogP contribution in [-0.4, -0.2) is 7.11 Å². The van der Waals surface area contributed by atoms with Crippen molar-refractivity contribution >= 4 is 0 Å². The summed E-state index contributed by atoms with van der Waals surface area (Å²) in [6.45, 7) is 0. The van der Waals surface area contributed by atoms with Crippen LogP contribution in [0.25, 0.3) is 0 Å². The van der Waals surface area contributed by atoms with E-state index >= 15 is 0 Å². The van der Waals surface area contributed by atoms with Crippen molar-refractivity contribution < 1.29 is 9.15 Å². The summed E-state index contributed by atoms with van der Waals surface area (Å²) in [5.74, 6) is 2.07. The van der Waals surface area contributed by atoms with E-state index in [1.165, 1.54) is 5.56 Å². The van der Waals surface area contributed by atoms with Gasteiger partial charge in [0.25, 0.3) is 0 Å². The molecule has 1 aliphatic carbocycles. The number of ether oxygens (including phenoxy) is 1. The van der Waals surface area contributed by atoms with Gasteiger partial charge in [0.2, 0.25) is 0 Å². The van der Waals surface area contributed by atoms with Gasteiger partial charge >= 0.3 is 0 Å². The van der Waals surface area contributed by atoms with Crippen molar-refractivity contribution in [1.82, 2.24) is 0 Å². The molecule has 0 unspecified atom stereocenters. The summed E-state index contributed by atoms with van der Waals surface area (Å²) in [5, 5.41) is 0. The molecule has 0 saturated carbocycles. The number of aryl methyl sites for hydroxylation is 1. The van der Waals surface area contributed by atoms with Crippen LogP contribution in [0.2, 0.25) is 0 Å². The highest BCUT2D eigenvalue weighted by molar-refractivity contribution is 5.24. The first-order valence-electron chi connectivity index (χ1n) is 4.18. The summed E-state index contributed by atoms with van der Waals surface area (Å²) in [4.78, 5) is 0. The molecule has 1 heterocycles. The molecule has 0 N–H and O–H groups in total. The first kappa shape index (κ1) is 7.47. The van der Waals surface area contributed by atoms with Crippen LogP contribution in [-0.2, 0) is 17.6 Å². The number of furan rings is 1. The Bertz CT molecular complexity index is 297. The second-order valence-electron chi connectivity index (χ2n) is 2.96. The van der Waals surface area contributed by atoms with Gasteiger partial charge in [0.05, 0.1) is 25.6 Å². The number of allylic oxidation sites excluding steroid dienone is 2. The van der Waals surface area contributed by atoms with Gasteiger partial charge in [-0.2, -0.15) is 0 Å². The molecule has 1 aromatic rings. The van der Waals surface area contributed by atoms with E-state index in [2.05, 4.69) is 6.08 Å². The Morgan fingerprint density at radius 2 is 2.42 bits per heavy atom. The molecule has 1 aliphatic rings. The van der Waals surface area contributed by atoms with Gasteiger partial charge in [-0.05, 0) is 30.5 Å². The lowest BCUT2D eigenvalue weighted by atomic mass is 10.1. The van der Waals surface area contributed by atoms with Crippen LogP contribution in [0.3, 0.4) is 0 Å². The van der Waals surface area contributed by atoms with E-state index in [1.54, 1.807) is 13.4 Å². The Kier molecular flexibility index (Phi) is 1.90. The zero-order valence-corrected chi connectivity index (χ0v) is 7.17. The third kappa shape index (κ3) is 1.24. The van der Waals surface area contributed by atoms with Crippen molar-refractivity contribution in [2.24, 2.45) is 0 Å². The van der Waals surface area contributed by atoms with Crippen LogP contribution in [0.5, 0.6) is 0 Å². The summed E-state index contributed by atoms with van der Waals surface area (Å²) in [6, 6.07) is 2.04. The normalized spacial score (nSPS) is 16.2. The van der Waals surface area contributed by atoms with E-state index in [0.29, 0.717) is 0 Å². The molecule has 0 amide bonds. The zero-order valence-electron chi connectivity index (χ0n) is 7.17. The molecule has 0 aliphatic heterocycles. The highest BCUT2D eigenvalue weighted by Gasteiger charge is 2.12. The Morgan fingerprint density at radius 1 is 1.50 bits per heavy atom. The number of methoxy groups -OCH3 is 1. The van der Waals surface area contributed by atoms with Gasteiger partial charge < -0.3 is 9.15 Å². The third-order valence-corrected chi connectivity index (χ3v) is 2.22. The van der Waals surface area contributed by atoms with Crippen molar-refractivity contribution in [1.29, 1.82) is 0 Å². The lowest BCUT2D eigenvalue weighted by Gasteiger charge is -2.01. The molecule has 0 bridgehead atoms. The zero-order chi connectivity index (χ0) is 8.39. The van der Waals surface area contributed by atoms with Crippen molar-refractivity contribution in [2.45, 2.75) is 19.3 Å². The lowest BCUT2D eigenvalue weighted by Crippen LogP contribution is -1.91. The minimum absolute atomic E-state index is 0.804. The maximum Gasteiger partial charge on any atom is 0.114 e. The van der Waals surface area contributed by atoms with E-state index in [4.69, 9.17) is 9.15 Å². The molecule has 0 radical (unpaired) electrons. The molecule has 0 aromatic carbocycles. The Labute approximate surface area is 71.8 Å². The average molecular weight is 164 g/mol. The van der Waals surface area contributed by atoms with Crippen molar-refractivity contribution in [2.75, 3.05) is 7.11 Å². The summed E-state index contributed by atoms with van der Waals surface area (Å²) in [6.07, 6.45) is 6.81. The van der Waals surface area contributed by atoms with Gasteiger partial charge in [0, 0.05) is 0 Å². The average Bonchev–Trinajstić information content (AvgIpc) is 2.43. The van der Waals surface area contributed by atoms with Crippen LogP contribution in [0.15, 0.2) is 28.6 Å². The highest BCUT2D eigenvalue weighted by atomic mass is 16.5. The van der Waals surface area contributed by atoms with Crippen LogP contribution in [0.4, 0.5) is 0 Å². The van der Waals surface area contributed by atoms with Gasteiger partial charge in [-0.1, -0.05) is 0 Å². The molecule has 0 spiro atoms. The van der Waals surface area contributed by atoms with Crippen molar-refractivity contribution in [3.05, 3.63) is 35.5 Å². The summed E-state index contributed by atoms with van der Waals surface area (Å²) < 4.78 is 10.5. The third-order valence-electron chi connectivity index (χ3n) is 2.22. The molecule has 2 nitrogen and oxygen atoms in total. The predicted octanol–water partition coefficient (Wildman–Crippen LogP) is 2.30. The predicted molar refractivity (Wildman–Crippen MR) is 45.8 cm³/mol. The number of hydrogen-bond donors (Lipinski definition) is 0. The fourth-order valence-corrected chi connectivity index (χ4v) is 1.52. The summed E-state index contributed by atoms with van der Waals surface area (Å²) >= 11 is 0. The second-order valence-corrected chi connectivity index (χ2v) is 2.96. The van der Waals surface area contributed by atoms with Gasteiger partial charge in [-0.25, -0.2) is 0 Å². The SMILES string of the molecule is COC1=CCCc2ccoc2C1. The molecule has 12 heavy (non-hydrogen) atoms. The van der Waals surface area contributed by atoms with Crippen molar-refractivity contribution in [3.63, 3.8) is 0 Å². The minimum atomic E-state index is 0.804. The number of rotatable bonds is 1. The van der Waals surface area contributed by atoms with Crippen molar-refractivity contribution in [3.8, 4) is 0 Å². The lowest BCUT2D eigenvalue weighted by molar-refractivity contribution is 0.276. The topological polar surface area (TPSA) is 22.4 Å². The van der Waals surface area contributed by atoms with E-state index in [-0.39, 0.29) is 0 Å². The molecule has 0 saturated heterocycles. The summed E-state index contributed by atoms with van der Waals surface area (Å²) in [5.41, 5.74) is 1.32. The molecule has 1 aromatic heterocycles. The Balaban J connectivity index is 2.27. The molecule has 0 fully saturated rings. The van der Waals surface area contributed by atoms with Gasteiger partial charge in [0.1, 0.15) is 5.76 Å². The Hall–Kier alpha value is -1.18. The van der Waals surface area contributed by atoms with E-state index in [9.17, 15) is 0 Å². The largest absolute Gasteiger partial charge is 0.501 e. The second kappa shape index (κ2) is 3.05. The molecule has 64 valence electrons. The smallest absolute Gasteiger partial charge is 0.114 e. The van der Waals surface area contributed by atoms with Gasteiger partial charge in [0.15, 0.2) is 0 Å². The fraction of sp³-hybridized carbons (Fsp3) is 0.400. The van der Waals surface area contributed by atoms with E-state index < -0.39 is 0 Å². The standard InChI is InChI=1S/C10H12O2/c1-11-9-4-2-3-8-5-6-12-10(8)7-9/h4-6H,2-3,7H2,1H3. The van der Waals surface area contributed by atoms with Crippen LogP contribution in [0.1, 0.15) is 17.7 Å². The Morgan fingerprint density at radius 3 is 3.25 bits per heavy atom. The number of hydrogen-bond acceptors (Lipinski definition) is 2. The quantitative estimate of drug-likeness (QED) is 0.635. The van der Waals surface area contributed by atoms with Crippen LogP contribution in [0, 0.1) is 0 Å². The van der Waals surface area contributed by atoms with Crippen LogP contribution >= 0.6 is 0 Å². The molecule has 2 rings (SSSR count). The molecular formula is C10H12O2. The van der Waals surface area contributed by atoms with Gasteiger partial charge in [-0.3, -0.25) is 0 Å². The number of fused-ring (bicyclic) bond motifs is 1. The van der Waals surface area contributed by atoms with E-state index in [1.807, 2.05) is 6.07 Å². The van der Waals surface area contributed by atoms with Crippen LogP contribution < -0.4 is 0 Å². The summed E-state index contributed by atoms with van der Waals surface area (Å²) in [7, 11) is 1.71. The molecule has 2 heteroatoms. The molecular weight excluding hydrogens is 152 g/mol.